The topological polar surface area (TPSA) is 50.4 Å². The molecule has 0 aliphatic carbocycles. The van der Waals surface area contributed by atoms with Crippen LogP contribution in [0.3, 0.4) is 0 Å². The summed E-state index contributed by atoms with van der Waals surface area (Å²) in [6.45, 7) is 1.75. The van der Waals surface area contributed by atoms with Crippen molar-refractivity contribution in [3.63, 3.8) is 0 Å². The van der Waals surface area contributed by atoms with E-state index in [1.165, 1.54) is 6.07 Å². The summed E-state index contributed by atoms with van der Waals surface area (Å²) in [7, 11) is 0. The van der Waals surface area contributed by atoms with E-state index in [9.17, 15) is 9.90 Å². The number of fused-ring (bicyclic) bond motifs is 1. The van der Waals surface area contributed by atoms with Crippen molar-refractivity contribution in [2.75, 3.05) is 0 Å². The lowest BCUT2D eigenvalue weighted by Gasteiger charge is -1.99. The third kappa shape index (κ3) is 1.28. The molecule has 1 heterocycles. The Kier molecular flexibility index (Phi) is 1.59. The molecule has 0 aliphatic rings. The molecule has 3 nitrogen and oxygen atoms in total. The van der Waals surface area contributed by atoms with Gasteiger partial charge in [-0.3, -0.25) is 0 Å². The van der Waals surface area contributed by atoms with Crippen LogP contribution in [0.4, 0.5) is 0 Å². The van der Waals surface area contributed by atoms with E-state index in [4.69, 9.17) is 4.42 Å². The molecule has 1 N–H and O–H groups in total. The summed E-state index contributed by atoms with van der Waals surface area (Å²) >= 11 is 0. The number of benzene rings is 1. The van der Waals surface area contributed by atoms with Gasteiger partial charge in [-0.05, 0) is 30.7 Å². The van der Waals surface area contributed by atoms with E-state index in [1.807, 2.05) is 0 Å². The van der Waals surface area contributed by atoms with Crippen LogP contribution >= 0.6 is 0 Å². The van der Waals surface area contributed by atoms with Gasteiger partial charge in [0.2, 0.25) is 0 Å². The second-order valence-electron chi connectivity index (χ2n) is 2.93. The Morgan fingerprint density at radius 1 is 1.31 bits per heavy atom. The third-order valence-electron chi connectivity index (χ3n) is 1.94. The van der Waals surface area contributed by atoms with Crippen LogP contribution in [-0.2, 0) is 0 Å². The van der Waals surface area contributed by atoms with Crippen molar-refractivity contribution < 1.29 is 9.52 Å². The van der Waals surface area contributed by atoms with Gasteiger partial charge in [0, 0.05) is 11.5 Å². The third-order valence-corrected chi connectivity index (χ3v) is 1.94. The second kappa shape index (κ2) is 2.62. The molecule has 0 fully saturated rings. The molecule has 13 heavy (non-hydrogen) atoms. The maximum Gasteiger partial charge on any atom is 0.336 e. The fourth-order valence-corrected chi connectivity index (χ4v) is 1.21. The monoisotopic (exact) mass is 176 g/mol. The van der Waals surface area contributed by atoms with Crippen LogP contribution in [0.25, 0.3) is 11.0 Å². The standard InChI is InChI=1S/C10H8O3/c1-6-4-9-7(5-8(6)11)2-3-10(12)13-9/h2-5,11H,1H3. The van der Waals surface area contributed by atoms with Crippen molar-refractivity contribution in [2.45, 2.75) is 6.92 Å². The van der Waals surface area contributed by atoms with Gasteiger partial charge in [0.05, 0.1) is 0 Å². The van der Waals surface area contributed by atoms with Crippen LogP contribution < -0.4 is 5.63 Å². The predicted octanol–water partition coefficient (Wildman–Crippen LogP) is 1.81. The molecule has 1 aromatic heterocycles. The molecule has 0 atom stereocenters. The molecule has 0 saturated heterocycles. The molecule has 0 amide bonds. The zero-order valence-electron chi connectivity index (χ0n) is 7.07. The highest BCUT2D eigenvalue weighted by Crippen LogP contribution is 2.22. The van der Waals surface area contributed by atoms with Crippen molar-refractivity contribution in [2.24, 2.45) is 0 Å². The van der Waals surface area contributed by atoms with E-state index < -0.39 is 0 Å². The van der Waals surface area contributed by atoms with Crippen LogP contribution in [0.1, 0.15) is 5.56 Å². The summed E-state index contributed by atoms with van der Waals surface area (Å²) in [6, 6.07) is 6.18. The SMILES string of the molecule is Cc1cc2oc(=O)ccc2cc1O. The quantitative estimate of drug-likeness (QED) is 0.623. The highest BCUT2D eigenvalue weighted by Gasteiger charge is 2.01. The highest BCUT2D eigenvalue weighted by molar-refractivity contribution is 5.79. The van der Waals surface area contributed by atoms with Gasteiger partial charge in [-0.1, -0.05) is 0 Å². The van der Waals surface area contributed by atoms with Gasteiger partial charge in [0.15, 0.2) is 0 Å². The predicted molar refractivity (Wildman–Crippen MR) is 48.9 cm³/mol. The minimum absolute atomic E-state index is 0.210. The van der Waals surface area contributed by atoms with Gasteiger partial charge in [-0.25, -0.2) is 4.79 Å². The molecular weight excluding hydrogens is 168 g/mol. The first-order chi connectivity index (χ1) is 6.16. The average molecular weight is 176 g/mol. The first-order valence-electron chi connectivity index (χ1n) is 3.90. The van der Waals surface area contributed by atoms with Gasteiger partial charge in [-0.2, -0.15) is 0 Å². The summed E-state index contributed by atoms with van der Waals surface area (Å²) in [5.74, 6) is 0.210. The van der Waals surface area contributed by atoms with Crippen molar-refractivity contribution in [3.8, 4) is 5.75 Å². The molecule has 0 radical (unpaired) electrons. The van der Waals surface area contributed by atoms with Crippen LogP contribution in [0, 0.1) is 6.92 Å². The minimum Gasteiger partial charge on any atom is -0.508 e. The van der Waals surface area contributed by atoms with E-state index in [0.717, 1.165) is 5.39 Å². The van der Waals surface area contributed by atoms with E-state index in [2.05, 4.69) is 0 Å². The van der Waals surface area contributed by atoms with Crippen LogP contribution in [0.2, 0.25) is 0 Å². The Bertz CT molecular complexity index is 511. The van der Waals surface area contributed by atoms with E-state index >= 15 is 0 Å². The summed E-state index contributed by atoms with van der Waals surface area (Å²) in [4.78, 5) is 10.9. The zero-order chi connectivity index (χ0) is 9.42. The number of aromatic hydroxyl groups is 1. The molecule has 1 aromatic carbocycles. The maximum atomic E-state index is 10.9. The van der Waals surface area contributed by atoms with Gasteiger partial charge in [0.25, 0.3) is 0 Å². The zero-order valence-corrected chi connectivity index (χ0v) is 7.07. The molecule has 0 bridgehead atoms. The number of hydrogen-bond donors (Lipinski definition) is 1. The molecule has 0 unspecified atom stereocenters. The Labute approximate surface area is 74.2 Å². The summed E-state index contributed by atoms with van der Waals surface area (Å²) < 4.78 is 4.93. The average Bonchev–Trinajstić information content (AvgIpc) is 2.08. The normalized spacial score (nSPS) is 10.5. The molecule has 2 aromatic rings. The maximum absolute atomic E-state index is 10.9. The molecule has 0 aliphatic heterocycles. The Morgan fingerprint density at radius 3 is 2.85 bits per heavy atom. The number of aryl methyl sites for hydroxylation is 1. The fourth-order valence-electron chi connectivity index (χ4n) is 1.21. The number of hydrogen-bond acceptors (Lipinski definition) is 3. The lowest BCUT2D eigenvalue weighted by Crippen LogP contribution is -1.94. The van der Waals surface area contributed by atoms with Crippen LogP contribution in [-0.4, -0.2) is 5.11 Å². The highest BCUT2D eigenvalue weighted by atomic mass is 16.4. The largest absolute Gasteiger partial charge is 0.508 e. The number of phenols is 1. The molecule has 3 heteroatoms. The first kappa shape index (κ1) is 7.86. The lowest BCUT2D eigenvalue weighted by molar-refractivity contribution is 0.471. The van der Waals surface area contributed by atoms with E-state index in [1.54, 1.807) is 25.1 Å². The number of rotatable bonds is 0. The van der Waals surface area contributed by atoms with Crippen molar-refractivity contribution >= 4 is 11.0 Å². The number of phenolic OH excluding ortho intramolecular Hbond substituents is 1. The Hall–Kier alpha value is -1.77. The molecule has 66 valence electrons. The first-order valence-corrected chi connectivity index (χ1v) is 3.90. The van der Waals surface area contributed by atoms with Gasteiger partial charge in [0.1, 0.15) is 11.3 Å². The molecular formula is C10H8O3. The Morgan fingerprint density at radius 2 is 2.08 bits per heavy atom. The van der Waals surface area contributed by atoms with E-state index in [-0.39, 0.29) is 11.4 Å². The van der Waals surface area contributed by atoms with Crippen LogP contribution in [0.15, 0.2) is 33.5 Å². The molecule has 2 rings (SSSR count). The van der Waals surface area contributed by atoms with Gasteiger partial charge >= 0.3 is 5.63 Å². The van der Waals surface area contributed by atoms with Gasteiger partial charge in [-0.15, -0.1) is 0 Å². The van der Waals surface area contributed by atoms with Crippen LogP contribution in [0.5, 0.6) is 5.75 Å². The summed E-state index contributed by atoms with van der Waals surface area (Å²) in [5, 5.41) is 10.1. The van der Waals surface area contributed by atoms with Gasteiger partial charge < -0.3 is 9.52 Å². The smallest absolute Gasteiger partial charge is 0.336 e. The van der Waals surface area contributed by atoms with Crippen molar-refractivity contribution in [1.29, 1.82) is 0 Å². The lowest BCUT2D eigenvalue weighted by atomic mass is 10.1. The summed E-state index contributed by atoms with van der Waals surface area (Å²) in [5.41, 5.74) is 0.822. The second-order valence-corrected chi connectivity index (χ2v) is 2.93. The van der Waals surface area contributed by atoms with Crippen molar-refractivity contribution in [1.82, 2.24) is 0 Å². The molecule has 0 spiro atoms. The van der Waals surface area contributed by atoms with E-state index in [0.29, 0.717) is 11.1 Å². The molecule has 0 saturated carbocycles. The Balaban J connectivity index is 2.89. The van der Waals surface area contributed by atoms with Crippen molar-refractivity contribution in [3.05, 3.63) is 40.2 Å². The fraction of sp³-hybridized carbons (Fsp3) is 0.100. The minimum atomic E-state index is -0.377. The summed E-state index contributed by atoms with van der Waals surface area (Å²) in [6.07, 6.45) is 0.